The molecule has 0 radical (unpaired) electrons. The smallest absolute Gasteiger partial charge is 0.141 e. The molecule has 0 spiro atoms. The molecule has 0 fully saturated rings. The van der Waals surface area contributed by atoms with Crippen molar-refractivity contribution < 1.29 is 4.52 Å². The van der Waals surface area contributed by atoms with E-state index in [0.29, 0.717) is 0 Å². The molecule has 2 rings (SSSR count). The molecule has 0 aliphatic heterocycles. The number of nitrogens with zero attached hydrogens (tertiary/aromatic N) is 1. The van der Waals surface area contributed by atoms with Crippen LogP contribution in [0.3, 0.4) is 0 Å². The van der Waals surface area contributed by atoms with Gasteiger partial charge in [-0.2, -0.15) is 0 Å². The average Bonchev–Trinajstić information content (AvgIpc) is 2.90. The lowest BCUT2D eigenvalue weighted by Gasteiger charge is -2.13. The van der Waals surface area contributed by atoms with E-state index in [2.05, 4.69) is 48.2 Å². The van der Waals surface area contributed by atoms with E-state index in [1.807, 2.05) is 19.9 Å². The fourth-order valence-corrected chi connectivity index (χ4v) is 2.95. The molecule has 0 amide bonds. The van der Waals surface area contributed by atoms with E-state index >= 15 is 0 Å². The number of aromatic nitrogens is 1. The van der Waals surface area contributed by atoms with E-state index < -0.39 is 0 Å². The Morgan fingerprint density at radius 2 is 2.00 bits per heavy atom. The van der Waals surface area contributed by atoms with Crippen molar-refractivity contribution in [3.05, 3.63) is 53.9 Å². The molecule has 1 aromatic carbocycles. The molecule has 2 aromatic rings. The van der Waals surface area contributed by atoms with Crippen LogP contribution in [0.2, 0.25) is 0 Å². The van der Waals surface area contributed by atoms with Crippen LogP contribution in [-0.4, -0.2) is 11.7 Å². The van der Waals surface area contributed by atoms with Crippen molar-refractivity contribution in [3.8, 4) is 11.1 Å². The van der Waals surface area contributed by atoms with Crippen LogP contribution in [0.5, 0.6) is 0 Å². The number of aryl methyl sites for hydroxylation is 2. The minimum absolute atomic E-state index is 0.752. The molecule has 0 aliphatic carbocycles. The van der Waals surface area contributed by atoms with Crippen molar-refractivity contribution in [1.29, 1.82) is 0 Å². The Morgan fingerprint density at radius 3 is 2.57 bits per heavy atom. The van der Waals surface area contributed by atoms with Gasteiger partial charge < -0.3 is 9.84 Å². The molecule has 1 aromatic heterocycles. The van der Waals surface area contributed by atoms with Crippen LogP contribution in [0.15, 0.2) is 41.4 Å². The average molecular weight is 312 g/mol. The zero-order valence-corrected chi connectivity index (χ0v) is 14.6. The van der Waals surface area contributed by atoms with E-state index in [9.17, 15) is 0 Å². The third-order valence-electron chi connectivity index (χ3n) is 4.41. The Bertz CT molecular complexity index is 594. The van der Waals surface area contributed by atoms with Gasteiger partial charge in [0.2, 0.25) is 0 Å². The maximum Gasteiger partial charge on any atom is 0.141 e. The number of rotatable bonds is 9. The third-order valence-corrected chi connectivity index (χ3v) is 4.41. The van der Waals surface area contributed by atoms with Crippen LogP contribution < -0.4 is 5.32 Å². The largest absolute Gasteiger partial charge is 0.361 e. The standard InChI is InChI=1S/C20H28N2O/c1-5-7-17(6-2)12-13-21-14-18-8-10-19(11-9-18)20-15(3)22-23-16(20)4/h5,8-11,17,21H,1,6-7,12-14H2,2-4H3. The molecular formula is C20H28N2O. The lowest BCUT2D eigenvalue weighted by Crippen LogP contribution is -2.17. The van der Waals surface area contributed by atoms with E-state index in [4.69, 9.17) is 4.52 Å². The van der Waals surface area contributed by atoms with Gasteiger partial charge >= 0.3 is 0 Å². The molecule has 1 unspecified atom stereocenters. The van der Waals surface area contributed by atoms with Crippen LogP contribution in [0.4, 0.5) is 0 Å². The van der Waals surface area contributed by atoms with Crippen molar-refractivity contribution in [2.24, 2.45) is 5.92 Å². The predicted octanol–water partition coefficient (Wildman–Crippen LogP) is 5.04. The summed E-state index contributed by atoms with van der Waals surface area (Å²) in [6.07, 6.45) is 5.57. The Morgan fingerprint density at radius 1 is 1.26 bits per heavy atom. The lowest BCUT2D eigenvalue weighted by molar-refractivity contribution is 0.393. The summed E-state index contributed by atoms with van der Waals surface area (Å²) in [6.45, 7) is 12.0. The number of benzene rings is 1. The summed E-state index contributed by atoms with van der Waals surface area (Å²) in [5, 5.41) is 7.56. The fourth-order valence-electron chi connectivity index (χ4n) is 2.95. The maximum absolute atomic E-state index is 5.24. The monoisotopic (exact) mass is 312 g/mol. The summed E-state index contributed by atoms with van der Waals surface area (Å²) in [5.41, 5.74) is 4.53. The summed E-state index contributed by atoms with van der Waals surface area (Å²) in [4.78, 5) is 0. The molecule has 1 heterocycles. The number of hydrogen-bond donors (Lipinski definition) is 1. The molecule has 0 saturated carbocycles. The summed E-state index contributed by atoms with van der Waals surface area (Å²) >= 11 is 0. The highest BCUT2D eigenvalue weighted by atomic mass is 16.5. The molecular weight excluding hydrogens is 284 g/mol. The fraction of sp³-hybridized carbons (Fsp3) is 0.450. The van der Waals surface area contributed by atoms with E-state index in [1.54, 1.807) is 0 Å². The van der Waals surface area contributed by atoms with Gasteiger partial charge in [0.1, 0.15) is 5.76 Å². The van der Waals surface area contributed by atoms with Crippen molar-refractivity contribution in [2.75, 3.05) is 6.54 Å². The molecule has 3 heteroatoms. The van der Waals surface area contributed by atoms with Crippen molar-refractivity contribution >= 4 is 0 Å². The highest BCUT2D eigenvalue weighted by molar-refractivity contribution is 5.67. The van der Waals surface area contributed by atoms with Crippen molar-refractivity contribution in [2.45, 2.75) is 46.6 Å². The minimum atomic E-state index is 0.752. The normalized spacial score (nSPS) is 12.3. The SMILES string of the molecule is C=CCC(CC)CCNCc1ccc(-c2c(C)noc2C)cc1. The van der Waals surface area contributed by atoms with Gasteiger partial charge in [0.05, 0.1) is 5.69 Å². The van der Waals surface area contributed by atoms with Crippen LogP contribution in [0.1, 0.15) is 43.2 Å². The summed E-state index contributed by atoms with van der Waals surface area (Å²) in [7, 11) is 0. The first-order valence-corrected chi connectivity index (χ1v) is 8.49. The van der Waals surface area contributed by atoms with E-state index in [0.717, 1.165) is 42.4 Å². The van der Waals surface area contributed by atoms with Gasteiger partial charge in [-0.05, 0) is 50.3 Å². The Kier molecular flexibility index (Phi) is 6.60. The van der Waals surface area contributed by atoms with Gasteiger partial charge in [0.15, 0.2) is 0 Å². The summed E-state index contributed by atoms with van der Waals surface area (Å²) in [6, 6.07) is 8.65. The molecule has 0 aliphatic rings. The summed E-state index contributed by atoms with van der Waals surface area (Å²) < 4.78 is 5.24. The van der Waals surface area contributed by atoms with Gasteiger partial charge in [0.25, 0.3) is 0 Å². The highest BCUT2D eigenvalue weighted by Crippen LogP contribution is 2.26. The van der Waals surface area contributed by atoms with Crippen LogP contribution >= 0.6 is 0 Å². The molecule has 1 atom stereocenters. The molecule has 23 heavy (non-hydrogen) atoms. The molecule has 0 bridgehead atoms. The highest BCUT2D eigenvalue weighted by Gasteiger charge is 2.11. The Labute approximate surface area is 139 Å². The van der Waals surface area contributed by atoms with Crippen molar-refractivity contribution in [3.63, 3.8) is 0 Å². The number of hydrogen-bond acceptors (Lipinski definition) is 3. The first-order valence-electron chi connectivity index (χ1n) is 8.49. The van der Waals surface area contributed by atoms with Gasteiger partial charge in [-0.1, -0.05) is 48.8 Å². The van der Waals surface area contributed by atoms with Crippen LogP contribution in [0, 0.1) is 19.8 Å². The van der Waals surface area contributed by atoms with Gasteiger partial charge in [0, 0.05) is 12.1 Å². The first kappa shape index (κ1) is 17.5. The van der Waals surface area contributed by atoms with Gasteiger partial charge in [-0.3, -0.25) is 0 Å². The van der Waals surface area contributed by atoms with Gasteiger partial charge in [-0.25, -0.2) is 0 Å². The number of allylic oxidation sites excluding steroid dienone is 1. The topological polar surface area (TPSA) is 38.1 Å². The maximum atomic E-state index is 5.24. The van der Waals surface area contributed by atoms with E-state index in [-0.39, 0.29) is 0 Å². The molecule has 1 N–H and O–H groups in total. The van der Waals surface area contributed by atoms with Crippen LogP contribution in [0.25, 0.3) is 11.1 Å². The van der Waals surface area contributed by atoms with Crippen molar-refractivity contribution in [1.82, 2.24) is 10.5 Å². The predicted molar refractivity (Wildman–Crippen MR) is 96.3 cm³/mol. The zero-order valence-electron chi connectivity index (χ0n) is 14.6. The molecule has 0 saturated heterocycles. The third kappa shape index (κ3) is 4.80. The second-order valence-corrected chi connectivity index (χ2v) is 6.16. The minimum Gasteiger partial charge on any atom is -0.361 e. The number of nitrogens with one attached hydrogen (secondary N) is 1. The Balaban J connectivity index is 1.85. The molecule has 3 nitrogen and oxygen atoms in total. The zero-order chi connectivity index (χ0) is 16.7. The quantitative estimate of drug-likeness (QED) is 0.520. The second kappa shape index (κ2) is 8.68. The molecule has 124 valence electrons. The van der Waals surface area contributed by atoms with E-state index in [1.165, 1.54) is 24.0 Å². The van der Waals surface area contributed by atoms with Crippen LogP contribution in [-0.2, 0) is 6.54 Å². The van der Waals surface area contributed by atoms with Gasteiger partial charge in [-0.15, -0.1) is 6.58 Å². The first-order chi connectivity index (χ1) is 11.2. The summed E-state index contributed by atoms with van der Waals surface area (Å²) in [5.74, 6) is 1.63. The second-order valence-electron chi connectivity index (χ2n) is 6.16. The Hall–Kier alpha value is -1.87. The lowest BCUT2D eigenvalue weighted by atomic mass is 9.98.